The monoisotopic (exact) mass is 333 g/mol. The Balaban J connectivity index is 1.54. The molecule has 1 aliphatic rings. The molecule has 0 saturated heterocycles. The number of nitrogens with one attached hydrogen (secondary N) is 1. The number of aromatic nitrogens is 2. The molecule has 1 aromatic heterocycles. The third-order valence-corrected chi connectivity index (χ3v) is 4.39. The van der Waals surface area contributed by atoms with Crippen LogP contribution in [0.4, 0.5) is 6.01 Å². The molecule has 0 fully saturated rings. The van der Waals surface area contributed by atoms with E-state index in [1.807, 2.05) is 24.3 Å². The summed E-state index contributed by atoms with van der Waals surface area (Å²) < 4.78 is 5.10. The zero-order valence-electron chi connectivity index (χ0n) is 14.0. The lowest BCUT2D eigenvalue weighted by molar-refractivity contribution is 0.427. The maximum absolute atomic E-state index is 5.10. The summed E-state index contributed by atoms with van der Waals surface area (Å²) in [7, 11) is 0. The molecule has 0 atom stereocenters. The molecule has 126 valence electrons. The topological polar surface area (TPSA) is 75.7 Å². The van der Waals surface area contributed by atoms with Gasteiger partial charge in [0.2, 0.25) is 6.39 Å². The van der Waals surface area contributed by atoms with Crippen LogP contribution >= 0.6 is 0 Å². The van der Waals surface area contributed by atoms with Crippen molar-refractivity contribution >= 4 is 6.01 Å². The maximum atomic E-state index is 5.10. The quantitative estimate of drug-likeness (QED) is 0.751. The van der Waals surface area contributed by atoms with Crippen molar-refractivity contribution in [2.75, 3.05) is 5.32 Å². The molecule has 0 amide bonds. The normalized spacial score (nSPS) is 14.4. The van der Waals surface area contributed by atoms with Gasteiger partial charge in [-0.2, -0.15) is 0 Å². The lowest BCUT2D eigenvalue weighted by atomic mass is 9.97. The van der Waals surface area contributed by atoms with Gasteiger partial charge < -0.3 is 9.73 Å². The second-order valence-electron chi connectivity index (χ2n) is 6.14. The van der Waals surface area contributed by atoms with Crippen molar-refractivity contribution in [3.05, 3.63) is 76.8 Å². The summed E-state index contributed by atoms with van der Waals surface area (Å²) in [5.41, 5.74) is 1.96. The lowest BCUT2D eigenvalue weighted by Crippen LogP contribution is -2.25. The van der Waals surface area contributed by atoms with Gasteiger partial charge in [0.15, 0.2) is 5.66 Å². The fourth-order valence-corrected chi connectivity index (χ4v) is 3.09. The van der Waals surface area contributed by atoms with Crippen LogP contribution in [0.1, 0.15) is 24.5 Å². The minimum atomic E-state index is -0.401. The van der Waals surface area contributed by atoms with Crippen molar-refractivity contribution in [3.8, 4) is 0 Å². The van der Waals surface area contributed by atoms with E-state index in [-0.39, 0.29) is 0 Å². The van der Waals surface area contributed by atoms with Crippen molar-refractivity contribution in [1.82, 2.24) is 10.2 Å². The number of benzene rings is 2. The van der Waals surface area contributed by atoms with E-state index in [4.69, 9.17) is 14.4 Å². The Kier molecular flexibility index (Phi) is 4.01. The molecule has 1 N–H and O–H groups in total. The van der Waals surface area contributed by atoms with E-state index >= 15 is 0 Å². The van der Waals surface area contributed by atoms with Crippen molar-refractivity contribution in [2.45, 2.75) is 32.0 Å². The van der Waals surface area contributed by atoms with Crippen LogP contribution in [0.2, 0.25) is 0 Å². The van der Waals surface area contributed by atoms with Crippen molar-refractivity contribution in [3.63, 3.8) is 0 Å². The molecule has 6 heteroatoms. The second-order valence-corrected chi connectivity index (χ2v) is 6.14. The Bertz CT molecular complexity index is 946. The third kappa shape index (κ3) is 3.28. The van der Waals surface area contributed by atoms with Crippen LogP contribution in [-0.4, -0.2) is 15.9 Å². The number of hydrogen-bond acceptors (Lipinski definition) is 6. The van der Waals surface area contributed by atoms with E-state index < -0.39 is 5.66 Å². The van der Waals surface area contributed by atoms with Crippen LogP contribution in [0.5, 0.6) is 0 Å². The van der Waals surface area contributed by atoms with Crippen LogP contribution in [0.3, 0.4) is 0 Å². The predicted molar refractivity (Wildman–Crippen MR) is 93.5 cm³/mol. The average molecular weight is 333 g/mol. The molecule has 3 aromatic rings. The molecule has 0 spiro atoms. The largest absolute Gasteiger partial charge is 0.411 e. The molecular weight excluding hydrogens is 314 g/mol. The van der Waals surface area contributed by atoms with Gasteiger partial charge in [-0.25, -0.2) is 0 Å². The summed E-state index contributed by atoms with van der Waals surface area (Å²) in [4.78, 5) is 9.80. The fraction of sp³-hybridized carbons (Fsp3) is 0.263. The molecule has 6 nitrogen and oxygen atoms in total. The van der Waals surface area contributed by atoms with E-state index in [1.54, 1.807) is 0 Å². The summed E-state index contributed by atoms with van der Waals surface area (Å²) in [5, 5.41) is 12.6. The van der Waals surface area contributed by atoms with E-state index in [9.17, 15) is 0 Å². The van der Waals surface area contributed by atoms with Gasteiger partial charge >= 0.3 is 6.01 Å². The summed E-state index contributed by atoms with van der Waals surface area (Å²) in [6, 6.07) is 16.9. The maximum Gasteiger partial charge on any atom is 0.315 e. The van der Waals surface area contributed by atoms with Crippen molar-refractivity contribution in [1.29, 1.82) is 0 Å². The highest BCUT2D eigenvalue weighted by atomic mass is 16.4. The second kappa shape index (κ2) is 6.47. The van der Waals surface area contributed by atoms with Gasteiger partial charge in [-0.3, -0.25) is 9.98 Å². The third-order valence-electron chi connectivity index (χ3n) is 4.39. The Morgan fingerprint density at radius 2 is 1.76 bits per heavy atom. The first kappa shape index (κ1) is 15.5. The van der Waals surface area contributed by atoms with Gasteiger partial charge in [-0.05, 0) is 29.7 Å². The standard InChI is InChI=1S/C19H19N5O/c1-2-19(22-16-8-3-4-9-17(16)23-19)11-14-6-5-7-15(10-14)12-20-18-24-21-13-25-18/h3-10,13H,2,11-12H2,1H3,(H,20,24). The first-order valence-corrected chi connectivity index (χ1v) is 8.39. The van der Waals surface area contributed by atoms with E-state index in [1.165, 1.54) is 12.0 Å². The highest BCUT2D eigenvalue weighted by molar-refractivity contribution is 5.29. The first-order chi connectivity index (χ1) is 12.3. The number of para-hydroxylation sites is 2. The molecule has 0 aliphatic carbocycles. The summed E-state index contributed by atoms with van der Waals surface area (Å²) in [5.74, 6) is 0. The summed E-state index contributed by atoms with van der Waals surface area (Å²) >= 11 is 0. The Labute approximate surface area is 145 Å². The van der Waals surface area contributed by atoms with E-state index in [0.717, 1.165) is 29.1 Å². The van der Waals surface area contributed by atoms with Crippen LogP contribution in [0.15, 0.2) is 69.3 Å². The van der Waals surface area contributed by atoms with Gasteiger partial charge in [-0.1, -0.05) is 48.4 Å². The van der Waals surface area contributed by atoms with Crippen molar-refractivity contribution in [2.24, 2.45) is 9.98 Å². The molecule has 25 heavy (non-hydrogen) atoms. The molecule has 2 heterocycles. The Morgan fingerprint density at radius 3 is 2.44 bits per heavy atom. The van der Waals surface area contributed by atoms with Gasteiger partial charge in [-0.15, -0.1) is 5.10 Å². The zero-order valence-corrected chi connectivity index (χ0v) is 14.0. The SMILES string of the molecule is CCC1(Cc2cccc(CNc3nnco3)c2)N=c2ccccc2=N1. The van der Waals surface area contributed by atoms with Crippen LogP contribution in [0.25, 0.3) is 0 Å². The van der Waals surface area contributed by atoms with Gasteiger partial charge in [0.1, 0.15) is 0 Å². The molecule has 0 radical (unpaired) electrons. The first-order valence-electron chi connectivity index (χ1n) is 8.39. The van der Waals surface area contributed by atoms with E-state index in [2.05, 4.69) is 46.7 Å². The molecule has 0 unspecified atom stereocenters. The number of rotatable bonds is 6. The van der Waals surface area contributed by atoms with E-state index in [0.29, 0.717) is 12.6 Å². The predicted octanol–water partition coefficient (Wildman–Crippen LogP) is 2.28. The highest BCUT2D eigenvalue weighted by Crippen LogP contribution is 2.24. The van der Waals surface area contributed by atoms with Crippen LogP contribution < -0.4 is 16.0 Å². The smallest absolute Gasteiger partial charge is 0.315 e. The average Bonchev–Trinajstić information content (AvgIpc) is 3.28. The lowest BCUT2D eigenvalue weighted by Gasteiger charge is -2.21. The molecule has 0 bridgehead atoms. The minimum absolute atomic E-state index is 0.401. The molecular formula is C19H19N5O. The summed E-state index contributed by atoms with van der Waals surface area (Å²) in [6.45, 7) is 2.77. The van der Waals surface area contributed by atoms with Crippen LogP contribution in [-0.2, 0) is 13.0 Å². The number of nitrogens with zero attached hydrogens (tertiary/aromatic N) is 4. The summed E-state index contributed by atoms with van der Waals surface area (Å²) in [6.07, 6.45) is 2.96. The Hall–Kier alpha value is -3.02. The molecule has 0 saturated carbocycles. The number of fused-ring (bicyclic) bond motifs is 1. The van der Waals surface area contributed by atoms with Gasteiger partial charge in [0.25, 0.3) is 0 Å². The molecule has 4 rings (SSSR count). The van der Waals surface area contributed by atoms with Crippen LogP contribution in [0, 0.1) is 0 Å². The Morgan fingerprint density at radius 1 is 1.00 bits per heavy atom. The number of anilines is 1. The van der Waals surface area contributed by atoms with Gasteiger partial charge in [0, 0.05) is 13.0 Å². The fourth-order valence-electron chi connectivity index (χ4n) is 3.09. The number of hydrogen-bond donors (Lipinski definition) is 1. The van der Waals surface area contributed by atoms with Gasteiger partial charge in [0.05, 0.1) is 10.7 Å². The highest BCUT2D eigenvalue weighted by Gasteiger charge is 2.29. The molecule has 1 aliphatic heterocycles. The molecule has 2 aromatic carbocycles. The van der Waals surface area contributed by atoms with Crippen molar-refractivity contribution < 1.29 is 4.42 Å². The minimum Gasteiger partial charge on any atom is -0.411 e. The zero-order chi connectivity index (χ0) is 17.1.